The first-order chi connectivity index (χ1) is 11.0. The van der Waals surface area contributed by atoms with E-state index in [1.807, 2.05) is 45.0 Å². The van der Waals surface area contributed by atoms with Crippen molar-refractivity contribution in [2.24, 2.45) is 0 Å². The number of aryl methyl sites for hydroxylation is 1. The first kappa shape index (κ1) is 17.2. The molecule has 0 aliphatic carbocycles. The maximum Gasteiger partial charge on any atom is 0.272 e. The van der Waals surface area contributed by atoms with Crippen LogP contribution in [0.2, 0.25) is 5.02 Å². The lowest BCUT2D eigenvalue weighted by molar-refractivity contribution is 0.0767. The van der Waals surface area contributed by atoms with E-state index < -0.39 is 0 Å². The van der Waals surface area contributed by atoms with Crippen LogP contribution in [0.15, 0.2) is 30.3 Å². The van der Waals surface area contributed by atoms with Crippen LogP contribution in [-0.4, -0.2) is 33.9 Å². The smallest absolute Gasteiger partial charge is 0.272 e. The van der Waals surface area contributed by atoms with Gasteiger partial charge in [-0.1, -0.05) is 29.8 Å². The van der Waals surface area contributed by atoms with Gasteiger partial charge < -0.3 is 10.2 Å². The Balaban J connectivity index is 2.17. The van der Waals surface area contributed by atoms with Gasteiger partial charge >= 0.3 is 0 Å². The number of hydrogen-bond donors (Lipinski definition) is 1. The third kappa shape index (κ3) is 4.42. The molecule has 1 aromatic carbocycles. The standard InChI is InChI=1S/C17H21ClN4O/c1-4-22(5-2)16(23)15-10-12(3)20-17(21-15)19-11-13-8-6-7-9-14(13)18/h6-10H,4-5,11H2,1-3H3,(H,19,20,21). The molecule has 1 N–H and O–H groups in total. The Bertz CT molecular complexity index is 686. The molecule has 1 aromatic heterocycles. The zero-order valence-corrected chi connectivity index (χ0v) is 14.4. The molecule has 0 saturated carbocycles. The van der Waals surface area contributed by atoms with E-state index in [0.717, 1.165) is 11.3 Å². The van der Waals surface area contributed by atoms with Crippen molar-refractivity contribution in [3.05, 3.63) is 52.3 Å². The number of anilines is 1. The molecule has 0 atom stereocenters. The largest absolute Gasteiger partial charge is 0.350 e. The molecule has 2 rings (SSSR count). The molecule has 6 heteroatoms. The number of carbonyl (C=O) groups excluding carboxylic acids is 1. The van der Waals surface area contributed by atoms with Crippen molar-refractivity contribution in [1.29, 1.82) is 0 Å². The number of rotatable bonds is 6. The Morgan fingerprint density at radius 3 is 2.57 bits per heavy atom. The van der Waals surface area contributed by atoms with Crippen LogP contribution in [0.4, 0.5) is 5.95 Å². The lowest BCUT2D eigenvalue weighted by Gasteiger charge is -2.18. The van der Waals surface area contributed by atoms with Gasteiger partial charge in [-0.25, -0.2) is 9.97 Å². The minimum absolute atomic E-state index is 0.0821. The van der Waals surface area contributed by atoms with Crippen molar-refractivity contribution in [2.45, 2.75) is 27.3 Å². The van der Waals surface area contributed by atoms with Gasteiger partial charge in [0.25, 0.3) is 5.91 Å². The number of halogens is 1. The highest BCUT2D eigenvalue weighted by atomic mass is 35.5. The third-order valence-corrected chi connectivity index (χ3v) is 3.89. The summed E-state index contributed by atoms with van der Waals surface area (Å²) in [4.78, 5) is 22.8. The minimum atomic E-state index is -0.0821. The fraction of sp³-hybridized carbons (Fsp3) is 0.353. The highest BCUT2D eigenvalue weighted by molar-refractivity contribution is 6.31. The van der Waals surface area contributed by atoms with E-state index in [1.54, 1.807) is 11.0 Å². The number of amides is 1. The number of carbonyl (C=O) groups is 1. The first-order valence-electron chi connectivity index (χ1n) is 7.67. The molecule has 0 radical (unpaired) electrons. The summed E-state index contributed by atoms with van der Waals surface area (Å²) in [6.45, 7) is 7.56. The predicted octanol–water partition coefficient (Wildman–Crippen LogP) is 3.53. The van der Waals surface area contributed by atoms with Crippen molar-refractivity contribution in [2.75, 3.05) is 18.4 Å². The Kier molecular flexibility index (Phi) is 5.93. The maximum atomic E-state index is 12.4. The zero-order chi connectivity index (χ0) is 16.8. The van der Waals surface area contributed by atoms with Gasteiger partial charge in [0, 0.05) is 30.4 Å². The van der Waals surface area contributed by atoms with E-state index in [0.29, 0.717) is 36.3 Å². The molecule has 122 valence electrons. The second-order valence-electron chi connectivity index (χ2n) is 5.14. The van der Waals surface area contributed by atoms with Crippen molar-refractivity contribution >= 4 is 23.5 Å². The normalized spacial score (nSPS) is 10.4. The number of aromatic nitrogens is 2. The summed E-state index contributed by atoms with van der Waals surface area (Å²) in [5.41, 5.74) is 2.11. The molecule has 0 unspecified atom stereocenters. The summed E-state index contributed by atoms with van der Waals surface area (Å²) in [7, 11) is 0. The molecule has 23 heavy (non-hydrogen) atoms. The SMILES string of the molecule is CCN(CC)C(=O)c1cc(C)nc(NCc2ccccc2Cl)n1. The van der Waals surface area contributed by atoms with Gasteiger partial charge in [0.05, 0.1) is 0 Å². The topological polar surface area (TPSA) is 58.1 Å². The molecule has 0 spiro atoms. The van der Waals surface area contributed by atoms with Crippen molar-refractivity contribution < 1.29 is 4.79 Å². The monoisotopic (exact) mass is 332 g/mol. The summed E-state index contributed by atoms with van der Waals surface area (Å²) in [6, 6.07) is 9.30. The van der Waals surface area contributed by atoms with Crippen LogP contribution in [0.5, 0.6) is 0 Å². The Morgan fingerprint density at radius 1 is 1.22 bits per heavy atom. The number of benzene rings is 1. The molecular weight excluding hydrogens is 312 g/mol. The number of nitrogens with zero attached hydrogens (tertiary/aromatic N) is 3. The van der Waals surface area contributed by atoms with Crippen LogP contribution in [-0.2, 0) is 6.54 Å². The van der Waals surface area contributed by atoms with E-state index in [4.69, 9.17) is 11.6 Å². The third-order valence-electron chi connectivity index (χ3n) is 3.52. The lowest BCUT2D eigenvalue weighted by atomic mass is 10.2. The molecule has 0 bridgehead atoms. The van der Waals surface area contributed by atoms with E-state index in [-0.39, 0.29) is 5.91 Å². The number of hydrogen-bond acceptors (Lipinski definition) is 4. The van der Waals surface area contributed by atoms with Crippen molar-refractivity contribution in [3.63, 3.8) is 0 Å². The lowest BCUT2D eigenvalue weighted by Crippen LogP contribution is -2.31. The first-order valence-corrected chi connectivity index (χ1v) is 8.05. The van der Waals surface area contributed by atoms with Crippen LogP contribution in [0.3, 0.4) is 0 Å². The van der Waals surface area contributed by atoms with Crippen LogP contribution in [0.25, 0.3) is 0 Å². The van der Waals surface area contributed by atoms with Gasteiger partial charge in [0.2, 0.25) is 5.95 Å². The second kappa shape index (κ2) is 7.92. The fourth-order valence-electron chi connectivity index (χ4n) is 2.25. The van der Waals surface area contributed by atoms with Crippen molar-refractivity contribution in [1.82, 2.24) is 14.9 Å². The Hall–Kier alpha value is -2.14. The van der Waals surface area contributed by atoms with Crippen LogP contribution >= 0.6 is 11.6 Å². The van der Waals surface area contributed by atoms with Crippen molar-refractivity contribution in [3.8, 4) is 0 Å². The minimum Gasteiger partial charge on any atom is -0.350 e. The predicted molar refractivity (Wildman–Crippen MR) is 92.8 cm³/mol. The van der Waals surface area contributed by atoms with Gasteiger partial charge in [-0.3, -0.25) is 4.79 Å². The Labute approximate surface area is 141 Å². The summed E-state index contributed by atoms with van der Waals surface area (Å²) in [5.74, 6) is 0.349. The molecule has 0 aliphatic heterocycles. The molecular formula is C17H21ClN4O. The van der Waals surface area contributed by atoms with Gasteiger partial charge in [-0.2, -0.15) is 0 Å². The zero-order valence-electron chi connectivity index (χ0n) is 13.6. The molecule has 0 saturated heterocycles. The van der Waals surface area contributed by atoms with E-state index in [9.17, 15) is 4.79 Å². The second-order valence-corrected chi connectivity index (χ2v) is 5.55. The maximum absolute atomic E-state index is 12.4. The van der Waals surface area contributed by atoms with E-state index in [2.05, 4.69) is 15.3 Å². The highest BCUT2D eigenvalue weighted by Gasteiger charge is 2.15. The quantitative estimate of drug-likeness (QED) is 0.879. The van der Waals surface area contributed by atoms with E-state index in [1.165, 1.54) is 0 Å². The number of nitrogens with one attached hydrogen (secondary N) is 1. The molecule has 2 aromatic rings. The summed E-state index contributed by atoms with van der Waals surface area (Å²) in [5, 5.41) is 3.82. The van der Waals surface area contributed by atoms with E-state index >= 15 is 0 Å². The van der Waals surface area contributed by atoms with Crippen LogP contribution in [0.1, 0.15) is 35.6 Å². The average Bonchev–Trinajstić information content (AvgIpc) is 2.54. The van der Waals surface area contributed by atoms with Gasteiger partial charge in [0.1, 0.15) is 5.69 Å². The molecule has 0 fully saturated rings. The molecule has 5 nitrogen and oxygen atoms in total. The molecule has 1 amide bonds. The van der Waals surface area contributed by atoms with Gasteiger partial charge in [-0.15, -0.1) is 0 Å². The summed E-state index contributed by atoms with van der Waals surface area (Å²) < 4.78 is 0. The average molecular weight is 333 g/mol. The van der Waals surface area contributed by atoms with Gasteiger partial charge in [0.15, 0.2) is 0 Å². The molecule has 0 aliphatic rings. The summed E-state index contributed by atoms with van der Waals surface area (Å²) in [6.07, 6.45) is 0. The van der Waals surface area contributed by atoms with Crippen LogP contribution < -0.4 is 5.32 Å². The van der Waals surface area contributed by atoms with Crippen LogP contribution in [0, 0.1) is 6.92 Å². The summed E-state index contributed by atoms with van der Waals surface area (Å²) >= 11 is 6.14. The highest BCUT2D eigenvalue weighted by Crippen LogP contribution is 2.16. The molecule has 1 heterocycles. The Morgan fingerprint density at radius 2 is 1.91 bits per heavy atom. The van der Waals surface area contributed by atoms with Gasteiger partial charge in [-0.05, 0) is 38.5 Å². The fourth-order valence-corrected chi connectivity index (χ4v) is 2.45.